The van der Waals surface area contributed by atoms with Crippen LogP contribution >= 0.6 is 0 Å². The van der Waals surface area contributed by atoms with Gasteiger partial charge in [-0.15, -0.1) is 0 Å². The third-order valence-electron chi connectivity index (χ3n) is 4.40. The molecule has 2 aromatic carbocycles. The quantitative estimate of drug-likeness (QED) is 0.741. The largest absolute Gasteiger partial charge is 0.497 e. The summed E-state index contributed by atoms with van der Waals surface area (Å²) in [6.45, 7) is 3.84. The van der Waals surface area contributed by atoms with Gasteiger partial charge in [-0.2, -0.15) is 0 Å². The van der Waals surface area contributed by atoms with Crippen LogP contribution in [0.3, 0.4) is 0 Å². The Labute approximate surface area is 145 Å². The minimum Gasteiger partial charge on any atom is -0.497 e. The second kappa shape index (κ2) is 5.72. The number of hydrogen-bond donors (Lipinski definition) is 1. The monoisotopic (exact) mass is 332 g/mol. The van der Waals surface area contributed by atoms with E-state index in [0.717, 1.165) is 11.1 Å². The number of aromatic nitrogens is 2. The van der Waals surface area contributed by atoms with E-state index >= 15 is 0 Å². The molecule has 5 nitrogen and oxygen atoms in total. The highest BCUT2D eigenvalue weighted by Gasteiger charge is 2.38. The van der Waals surface area contributed by atoms with Crippen molar-refractivity contribution >= 4 is 0 Å². The van der Waals surface area contributed by atoms with Gasteiger partial charge in [0.1, 0.15) is 29.2 Å². The lowest BCUT2D eigenvalue weighted by atomic mass is 9.82. The number of aliphatic hydroxyl groups is 1. The first kappa shape index (κ1) is 15.4. The summed E-state index contributed by atoms with van der Waals surface area (Å²) in [4.78, 5) is 8.09. The molecule has 0 bridgehead atoms. The fourth-order valence-corrected chi connectivity index (χ4v) is 3.05. The molecule has 0 saturated carbocycles. The molecule has 0 radical (unpaired) electrons. The van der Waals surface area contributed by atoms with Crippen molar-refractivity contribution in [2.75, 3.05) is 7.11 Å². The second-order valence-electron chi connectivity index (χ2n) is 5.77. The van der Waals surface area contributed by atoms with Crippen molar-refractivity contribution < 1.29 is 14.6 Å². The Bertz CT molecular complexity index is 956. The number of fused-ring (bicyclic) bond motifs is 2. The van der Waals surface area contributed by atoms with E-state index in [0.29, 0.717) is 28.4 Å². The molecule has 0 amide bonds. The normalized spacial score (nSPS) is 17.8. The topological polar surface area (TPSA) is 64.5 Å². The highest BCUT2D eigenvalue weighted by atomic mass is 16.5. The fourth-order valence-electron chi connectivity index (χ4n) is 3.05. The van der Waals surface area contributed by atoms with Crippen LogP contribution in [0, 0.1) is 0 Å². The highest BCUT2D eigenvalue weighted by molar-refractivity contribution is 5.68. The summed E-state index contributed by atoms with van der Waals surface area (Å²) in [5, 5.41) is 11.4. The lowest BCUT2D eigenvalue weighted by Crippen LogP contribution is -2.28. The number of ether oxygens (including phenoxy) is 2. The molecule has 1 atom stereocenters. The third kappa shape index (κ3) is 2.37. The minimum absolute atomic E-state index is 0.575. The minimum atomic E-state index is -1.39. The van der Waals surface area contributed by atoms with Gasteiger partial charge in [0.15, 0.2) is 0 Å². The lowest BCUT2D eigenvalue weighted by molar-refractivity contribution is 0.121. The average molecular weight is 332 g/mol. The second-order valence-corrected chi connectivity index (χ2v) is 5.77. The molecule has 2 heterocycles. The summed E-state index contributed by atoms with van der Waals surface area (Å²) in [5.41, 5.74) is 1.56. The molecule has 25 heavy (non-hydrogen) atoms. The molecule has 1 N–H and O–H groups in total. The predicted octanol–water partition coefficient (Wildman–Crippen LogP) is 3.68. The predicted molar refractivity (Wildman–Crippen MR) is 93.7 cm³/mol. The number of methoxy groups -OCH3 is 1. The molecular formula is C20H16N2O3. The molecule has 1 aromatic heterocycles. The molecule has 1 aliphatic heterocycles. The van der Waals surface area contributed by atoms with Crippen molar-refractivity contribution in [3.8, 4) is 28.4 Å². The van der Waals surface area contributed by atoms with E-state index in [9.17, 15) is 5.11 Å². The van der Waals surface area contributed by atoms with Crippen LogP contribution in [-0.4, -0.2) is 22.2 Å². The van der Waals surface area contributed by atoms with Crippen LogP contribution in [0.4, 0.5) is 0 Å². The maximum absolute atomic E-state index is 11.4. The van der Waals surface area contributed by atoms with Gasteiger partial charge in [-0.1, -0.05) is 18.7 Å². The van der Waals surface area contributed by atoms with Crippen molar-refractivity contribution in [1.29, 1.82) is 0 Å². The van der Waals surface area contributed by atoms with Gasteiger partial charge in [0.2, 0.25) is 0 Å². The molecule has 4 rings (SSSR count). The zero-order chi connectivity index (χ0) is 17.4. The van der Waals surface area contributed by atoms with E-state index in [1.807, 2.05) is 18.2 Å². The summed E-state index contributed by atoms with van der Waals surface area (Å²) in [6.07, 6.45) is 6.44. The van der Waals surface area contributed by atoms with E-state index in [1.54, 1.807) is 37.7 Å². The van der Waals surface area contributed by atoms with E-state index in [-0.39, 0.29) is 0 Å². The van der Waals surface area contributed by atoms with Crippen LogP contribution < -0.4 is 9.47 Å². The molecule has 1 aliphatic rings. The summed E-state index contributed by atoms with van der Waals surface area (Å²) >= 11 is 0. The first-order chi connectivity index (χ1) is 12.2. The van der Waals surface area contributed by atoms with Gasteiger partial charge in [-0.25, -0.2) is 9.97 Å². The maximum Gasteiger partial charge on any atom is 0.140 e. The smallest absolute Gasteiger partial charge is 0.140 e. The molecule has 0 unspecified atom stereocenters. The van der Waals surface area contributed by atoms with Gasteiger partial charge < -0.3 is 14.6 Å². The van der Waals surface area contributed by atoms with Gasteiger partial charge in [-0.3, -0.25) is 0 Å². The maximum atomic E-state index is 11.4. The van der Waals surface area contributed by atoms with E-state index in [2.05, 4.69) is 16.5 Å². The van der Waals surface area contributed by atoms with Gasteiger partial charge in [0.05, 0.1) is 7.11 Å². The Balaban J connectivity index is 1.91. The molecule has 124 valence electrons. The van der Waals surface area contributed by atoms with Crippen molar-refractivity contribution in [2.45, 2.75) is 5.60 Å². The van der Waals surface area contributed by atoms with Crippen LogP contribution in [0.15, 0.2) is 67.8 Å². The Kier molecular flexibility index (Phi) is 3.51. The summed E-state index contributed by atoms with van der Waals surface area (Å²) in [7, 11) is 1.58. The number of hydrogen-bond acceptors (Lipinski definition) is 5. The third-order valence-corrected chi connectivity index (χ3v) is 4.40. The van der Waals surface area contributed by atoms with Crippen molar-refractivity contribution in [3.05, 3.63) is 78.9 Å². The van der Waals surface area contributed by atoms with Crippen molar-refractivity contribution in [2.24, 2.45) is 0 Å². The summed E-state index contributed by atoms with van der Waals surface area (Å²) in [6, 6.07) is 11.0. The number of nitrogens with zero attached hydrogens (tertiary/aromatic N) is 2. The molecule has 0 spiro atoms. The summed E-state index contributed by atoms with van der Waals surface area (Å²) < 4.78 is 11.3. The van der Waals surface area contributed by atoms with Crippen LogP contribution in [0.5, 0.6) is 17.2 Å². The Morgan fingerprint density at radius 2 is 1.72 bits per heavy atom. The first-order valence-electron chi connectivity index (χ1n) is 7.78. The fraction of sp³-hybridized carbons (Fsp3) is 0.100. The van der Waals surface area contributed by atoms with Gasteiger partial charge in [-0.05, 0) is 35.9 Å². The molecule has 0 fully saturated rings. The molecule has 0 aliphatic carbocycles. The van der Waals surface area contributed by atoms with E-state index in [1.165, 1.54) is 12.4 Å². The molecule has 3 aromatic rings. The van der Waals surface area contributed by atoms with Crippen LogP contribution in [0.25, 0.3) is 11.1 Å². The molecule has 5 heteroatoms. The van der Waals surface area contributed by atoms with Crippen LogP contribution in [-0.2, 0) is 5.60 Å². The van der Waals surface area contributed by atoms with Crippen molar-refractivity contribution in [1.82, 2.24) is 9.97 Å². The standard InChI is InChI=1S/C20H16N2O3/c1-3-20(23)16-8-13(14-10-21-12-22-11-14)4-6-18(16)25-19-7-5-15(24-2)9-17(19)20/h3-12,23H,1H2,2H3/t20-/m0/s1. The van der Waals surface area contributed by atoms with E-state index in [4.69, 9.17) is 9.47 Å². The Hall–Kier alpha value is -3.18. The van der Waals surface area contributed by atoms with Gasteiger partial charge in [0.25, 0.3) is 0 Å². The Morgan fingerprint density at radius 3 is 2.40 bits per heavy atom. The van der Waals surface area contributed by atoms with Gasteiger partial charge in [0, 0.05) is 29.1 Å². The Morgan fingerprint density at radius 1 is 1.04 bits per heavy atom. The van der Waals surface area contributed by atoms with Crippen LogP contribution in [0.1, 0.15) is 11.1 Å². The van der Waals surface area contributed by atoms with Crippen LogP contribution in [0.2, 0.25) is 0 Å². The average Bonchev–Trinajstić information content (AvgIpc) is 2.68. The zero-order valence-corrected chi connectivity index (χ0v) is 13.6. The van der Waals surface area contributed by atoms with Crippen molar-refractivity contribution in [3.63, 3.8) is 0 Å². The molecule has 0 saturated heterocycles. The summed E-state index contributed by atoms with van der Waals surface area (Å²) in [5.74, 6) is 1.80. The van der Waals surface area contributed by atoms with Gasteiger partial charge >= 0.3 is 0 Å². The zero-order valence-electron chi connectivity index (χ0n) is 13.6. The van der Waals surface area contributed by atoms with E-state index < -0.39 is 5.60 Å². The highest BCUT2D eigenvalue weighted by Crippen LogP contribution is 2.49. The lowest BCUT2D eigenvalue weighted by Gasteiger charge is -2.34. The SMILES string of the molecule is C=C[C@@]1(O)c2cc(OC)ccc2Oc2ccc(-c3cncnc3)cc21. The molecular weight excluding hydrogens is 316 g/mol. The number of rotatable bonds is 3. The number of benzene rings is 2. The first-order valence-corrected chi connectivity index (χ1v) is 7.78.